The average Bonchev–Trinajstić information content (AvgIpc) is 2.45. The van der Waals surface area contributed by atoms with Gasteiger partial charge in [0.2, 0.25) is 0 Å². The van der Waals surface area contributed by atoms with Crippen molar-refractivity contribution in [2.24, 2.45) is 0 Å². The fourth-order valence-corrected chi connectivity index (χ4v) is 0.811. The normalized spacial score (nSPS) is 10.5. The highest BCUT2D eigenvalue weighted by Gasteiger charge is 2.05. The predicted molar refractivity (Wildman–Crippen MR) is 34.1 cm³/mol. The molecule has 0 aliphatic rings. The fourth-order valence-electron chi connectivity index (χ4n) is 0.811. The smallest absolute Gasteiger partial charge is 0.319 e. The molecule has 11 heavy (non-hydrogen) atoms. The van der Waals surface area contributed by atoms with Crippen molar-refractivity contribution in [3.05, 3.63) is 12.5 Å². The van der Waals surface area contributed by atoms with Crippen LogP contribution in [0.25, 0.3) is 5.52 Å². The molecule has 0 aromatic carbocycles. The van der Waals surface area contributed by atoms with Crippen LogP contribution >= 0.6 is 0 Å². The van der Waals surface area contributed by atoms with E-state index in [0.717, 1.165) is 0 Å². The molecule has 2 aromatic rings. The Morgan fingerprint density at radius 2 is 2.09 bits per heavy atom. The number of aromatic hydroxyl groups is 2. The number of aromatic nitrogens is 4. The molecule has 0 aliphatic carbocycles. The first-order chi connectivity index (χ1) is 5.29. The zero-order chi connectivity index (χ0) is 7.84. The van der Waals surface area contributed by atoms with Crippen LogP contribution in [0.4, 0.5) is 0 Å². The summed E-state index contributed by atoms with van der Waals surface area (Å²) in [7, 11) is 0. The van der Waals surface area contributed by atoms with Crippen LogP contribution in [-0.4, -0.2) is 29.8 Å². The van der Waals surface area contributed by atoms with Crippen LogP contribution in [0.15, 0.2) is 12.5 Å². The van der Waals surface area contributed by atoms with Crippen molar-refractivity contribution in [2.45, 2.75) is 0 Å². The second kappa shape index (κ2) is 1.82. The largest absolute Gasteiger partial charge is 0.491 e. The average molecular weight is 152 g/mol. The Morgan fingerprint density at radius 1 is 1.27 bits per heavy atom. The van der Waals surface area contributed by atoms with Crippen molar-refractivity contribution in [1.29, 1.82) is 0 Å². The standard InChI is InChI=1S/C5H4N4O2/c10-4-3-1-6-2-9(3)5(11)8-7-4/h1-2H,(H,7,10)(H,8,11). The minimum atomic E-state index is -0.296. The van der Waals surface area contributed by atoms with E-state index in [1.54, 1.807) is 0 Å². The van der Waals surface area contributed by atoms with Crippen LogP contribution in [-0.2, 0) is 0 Å². The lowest BCUT2D eigenvalue weighted by Crippen LogP contribution is -1.90. The van der Waals surface area contributed by atoms with Crippen LogP contribution in [0.2, 0.25) is 0 Å². The van der Waals surface area contributed by atoms with E-state index in [-0.39, 0.29) is 11.9 Å². The van der Waals surface area contributed by atoms with Crippen LogP contribution in [0, 0.1) is 0 Å². The maximum Gasteiger partial charge on any atom is 0.319 e. The van der Waals surface area contributed by atoms with Gasteiger partial charge in [0, 0.05) is 0 Å². The Balaban J connectivity index is 2.96. The molecular weight excluding hydrogens is 148 g/mol. The third-order valence-electron chi connectivity index (χ3n) is 1.32. The zero-order valence-corrected chi connectivity index (χ0v) is 5.34. The van der Waals surface area contributed by atoms with Gasteiger partial charge in [-0.05, 0) is 0 Å². The Morgan fingerprint density at radius 3 is 2.82 bits per heavy atom. The maximum absolute atomic E-state index is 9.04. The highest BCUT2D eigenvalue weighted by molar-refractivity contribution is 5.53. The second-order valence-corrected chi connectivity index (χ2v) is 1.97. The van der Waals surface area contributed by atoms with Gasteiger partial charge < -0.3 is 10.2 Å². The third-order valence-corrected chi connectivity index (χ3v) is 1.32. The molecule has 2 aromatic heterocycles. The first kappa shape index (κ1) is 5.90. The molecule has 6 heteroatoms. The van der Waals surface area contributed by atoms with E-state index in [1.807, 2.05) is 0 Å². The van der Waals surface area contributed by atoms with Crippen LogP contribution < -0.4 is 0 Å². The topological polar surface area (TPSA) is 83.5 Å². The Kier molecular flexibility index (Phi) is 0.974. The third kappa shape index (κ3) is 0.689. The summed E-state index contributed by atoms with van der Waals surface area (Å²) in [6.45, 7) is 0. The lowest BCUT2D eigenvalue weighted by Gasteiger charge is -1.95. The van der Waals surface area contributed by atoms with Gasteiger partial charge in [0.05, 0.1) is 6.20 Å². The lowest BCUT2D eigenvalue weighted by molar-refractivity contribution is 0.392. The molecule has 0 unspecified atom stereocenters. The molecule has 0 aliphatic heterocycles. The van der Waals surface area contributed by atoms with Crippen molar-refractivity contribution >= 4 is 5.52 Å². The molecular formula is C5H4N4O2. The van der Waals surface area contributed by atoms with E-state index in [9.17, 15) is 0 Å². The van der Waals surface area contributed by atoms with Crippen molar-refractivity contribution in [3.8, 4) is 11.9 Å². The number of hydrogen-bond acceptors (Lipinski definition) is 5. The molecule has 2 rings (SSSR count). The van der Waals surface area contributed by atoms with E-state index >= 15 is 0 Å². The van der Waals surface area contributed by atoms with Gasteiger partial charge in [-0.3, -0.25) is 0 Å². The molecule has 0 saturated carbocycles. The van der Waals surface area contributed by atoms with E-state index in [0.29, 0.717) is 5.52 Å². The van der Waals surface area contributed by atoms with Gasteiger partial charge in [0.25, 0.3) is 5.88 Å². The van der Waals surface area contributed by atoms with E-state index in [1.165, 1.54) is 16.9 Å². The summed E-state index contributed by atoms with van der Waals surface area (Å²) in [5.41, 5.74) is 0.331. The summed E-state index contributed by atoms with van der Waals surface area (Å²) in [5.74, 6) is -0.250. The number of nitrogens with zero attached hydrogens (tertiary/aromatic N) is 4. The molecule has 0 spiro atoms. The molecule has 6 nitrogen and oxygen atoms in total. The SMILES string of the molecule is Oc1nnc(O)n2cncc12. The van der Waals surface area contributed by atoms with E-state index < -0.39 is 0 Å². The maximum atomic E-state index is 9.04. The van der Waals surface area contributed by atoms with E-state index in [4.69, 9.17) is 10.2 Å². The lowest BCUT2D eigenvalue weighted by atomic mass is 10.6. The monoisotopic (exact) mass is 152 g/mol. The summed E-state index contributed by atoms with van der Waals surface area (Å²) in [4.78, 5) is 3.69. The molecule has 0 bridgehead atoms. The first-order valence-electron chi connectivity index (χ1n) is 2.85. The number of hydrogen-bond donors (Lipinski definition) is 2. The quantitative estimate of drug-likeness (QED) is 0.533. The van der Waals surface area contributed by atoms with Crippen LogP contribution in [0.5, 0.6) is 11.9 Å². The fraction of sp³-hybridized carbons (Fsp3) is 0. The molecule has 0 amide bonds. The van der Waals surface area contributed by atoms with Gasteiger partial charge in [-0.1, -0.05) is 5.10 Å². The Hall–Kier alpha value is -1.85. The molecule has 0 radical (unpaired) electrons. The Bertz CT molecular complexity index is 360. The first-order valence-corrected chi connectivity index (χ1v) is 2.85. The number of fused-ring (bicyclic) bond motifs is 1. The highest BCUT2D eigenvalue weighted by Crippen LogP contribution is 2.16. The van der Waals surface area contributed by atoms with Crippen molar-refractivity contribution in [1.82, 2.24) is 19.6 Å². The molecule has 0 fully saturated rings. The second-order valence-electron chi connectivity index (χ2n) is 1.97. The van der Waals surface area contributed by atoms with Gasteiger partial charge in [0.15, 0.2) is 0 Å². The molecule has 2 heterocycles. The number of rotatable bonds is 0. The van der Waals surface area contributed by atoms with Crippen molar-refractivity contribution in [2.75, 3.05) is 0 Å². The van der Waals surface area contributed by atoms with Crippen LogP contribution in [0.3, 0.4) is 0 Å². The molecule has 0 atom stereocenters. The summed E-state index contributed by atoms with van der Waals surface area (Å²) >= 11 is 0. The summed E-state index contributed by atoms with van der Waals surface area (Å²) in [6, 6.07) is -0.296. The van der Waals surface area contributed by atoms with Gasteiger partial charge in [-0.15, -0.1) is 5.10 Å². The van der Waals surface area contributed by atoms with Crippen LogP contribution in [0.1, 0.15) is 0 Å². The van der Waals surface area contributed by atoms with Crippen molar-refractivity contribution in [3.63, 3.8) is 0 Å². The van der Waals surface area contributed by atoms with Gasteiger partial charge >= 0.3 is 6.01 Å². The molecule has 0 saturated heterocycles. The zero-order valence-electron chi connectivity index (χ0n) is 5.34. The van der Waals surface area contributed by atoms with Gasteiger partial charge in [0.1, 0.15) is 11.8 Å². The summed E-state index contributed by atoms with van der Waals surface area (Å²) in [5, 5.41) is 24.6. The Labute approximate surface area is 60.8 Å². The van der Waals surface area contributed by atoms with Crippen molar-refractivity contribution < 1.29 is 10.2 Å². The summed E-state index contributed by atoms with van der Waals surface area (Å²) < 4.78 is 1.22. The summed E-state index contributed by atoms with van der Waals surface area (Å²) in [6.07, 6.45) is 2.71. The molecule has 2 N–H and O–H groups in total. The predicted octanol–water partition coefficient (Wildman–Crippen LogP) is -0.465. The molecule has 56 valence electrons. The highest BCUT2D eigenvalue weighted by atomic mass is 16.3. The van der Waals surface area contributed by atoms with Gasteiger partial charge in [-0.2, -0.15) is 0 Å². The van der Waals surface area contributed by atoms with E-state index in [2.05, 4.69) is 15.2 Å². The minimum absolute atomic E-state index is 0.250. The number of imidazole rings is 1. The minimum Gasteiger partial charge on any atom is -0.491 e. The van der Waals surface area contributed by atoms with Gasteiger partial charge in [-0.25, -0.2) is 9.38 Å².